The lowest BCUT2D eigenvalue weighted by Crippen LogP contribution is -2.36. The summed E-state index contributed by atoms with van der Waals surface area (Å²) in [6.07, 6.45) is 3.70. The van der Waals surface area contributed by atoms with E-state index in [0.717, 1.165) is 37.3 Å². The second-order valence-corrected chi connectivity index (χ2v) is 4.91. The van der Waals surface area contributed by atoms with E-state index in [-0.39, 0.29) is 10.6 Å². The third kappa shape index (κ3) is 3.01. The molecule has 0 saturated carbocycles. The number of piperidine rings is 1. The van der Waals surface area contributed by atoms with Gasteiger partial charge in [-0.25, -0.2) is 0 Å². The van der Waals surface area contributed by atoms with Gasteiger partial charge >= 0.3 is 0 Å². The minimum Gasteiger partial charge on any atom is -0.403 e. The molecule has 20 heavy (non-hydrogen) atoms. The second kappa shape index (κ2) is 6.27. The largest absolute Gasteiger partial charge is 0.403 e. The highest BCUT2D eigenvalue weighted by Gasteiger charge is 2.22. The van der Waals surface area contributed by atoms with Crippen molar-refractivity contribution in [3.63, 3.8) is 0 Å². The van der Waals surface area contributed by atoms with Crippen molar-refractivity contribution < 1.29 is 4.92 Å². The Hall–Kier alpha value is -2.24. The highest BCUT2D eigenvalue weighted by atomic mass is 16.6. The fourth-order valence-electron chi connectivity index (χ4n) is 2.66. The van der Waals surface area contributed by atoms with Gasteiger partial charge in [-0.1, -0.05) is 0 Å². The first-order valence-corrected chi connectivity index (χ1v) is 6.74. The number of nitro groups is 1. The van der Waals surface area contributed by atoms with Crippen LogP contribution >= 0.6 is 0 Å². The van der Waals surface area contributed by atoms with Gasteiger partial charge in [0.25, 0.3) is 5.69 Å². The highest BCUT2D eigenvalue weighted by molar-refractivity contribution is 5.51. The predicted octanol–water partition coefficient (Wildman–Crippen LogP) is 1.83. The summed E-state index contributed by atoms with van der Waals surface area (Å²) in [5.74, 6) is 0.472. The number of hydrogen-bond acceptors (Lipinski definition) is 5. The molecule has 6 nitrogen and oxygen atoms in total. The summed E-state index contributed by atoms with van der Waals surface area (Å²) in [4.78, 5) is 12.5. The number of nitro benzene ring substituents is 1. The summed E-state index contributed by atoms with van der Waals surface area (Å²) < 4.78 is 0. The molecule has 1 saturated heterocycles. The number of nitrogens with zero attached hydrogens (tertiary/aromatic N) is 2. The molecule has 108 valence electrons. The lowest BCUT2D eigenvalue weighted by atomic mass is 9.93. The molecule has 0 aromatic heterocycles. The number of allylic oxidation sites excluding steroid dienone is 1. The molecule has 1 fully saturated rings. The molecule has 0 spiro atoms. The molecule has 0 unspecified atom stereocenters. The minimum absolute atomic E-state index is 0.132. The zero-order valence-corrected chi connectivity index (χ0v) is 11.6. The molecular formula is C14H20N4O2. The molecule has 2 rings (SSSR count). The maximum absolute atomic E-state index is 10.6. The Kier molecular flexibility index (Phi) is 4.45. The quantitative estimate of drug-likeness (QED) is 0.647. The van der Waals surface area contributed by atoms with Crippen LogP contribution in [0.4, 0.5) is 11.4 Å². The number of benzene rings is 1. The maximum atomic E-state index is 10.6. The smallest absolute Gasteiger partial charge is 0.269 e. The summed E-state index contributed by atoms with van der Waals surface area (Å²) in [7, 11) is 1.89. The molecule has 0 amide bonds. The van der Waals surface area contributed by atoms with Crippen molar-refractivity contribution in [3.8, 4) is 0 Å². The number of hydrogen-bond donors (Lipinski definition) is 2. The van der Waals surface area contributed by atoms with E-state index in [1.807, 2.05) is 19.2 Å². The van der Waals surface area contributed by atoms with Gasteiger partial charge in [-0.2, -0.15) is 0 Å². The van der Waals surface area contributed by atoms with Crippen LogP contribution < -0.4 is 16.0 Å². The molecule has 0 radical (unpaired) electrons. The minimum atomic E-state index is -0.374. The molecule has 0 atom stereocenters. The van der Waals surface area contributed by atoms with E-state index in [4.69, 9.17) is 5.73 Å². The Morgan fingerprint density at radius 1 is 1.40 bits per heavy atom. The Balaban J connectivity index is 1.98. The molecule has 3 N–H and O–H groups in total. The average Bonchev–Trinajstić information content (AvgIpc) is 2.49. The van der Waals surface area contributed by atoms with Crippen LogP contribution in [0.1, 0.15) is 12.8 Å². The fourth-order valence-corrected chi connectivity index (χ4v) is 2.66. The van der Waals surface area contributed by atoms with Crippen molar-refractivity contribution in [1.82, 2.24) is 5.32 Å². The van der Waals surface area contributed by atoms with Crippen LogP contribution in [0.15, 0.2) is 36.2 Å². The lowest BCUT2D eigenvalue weighted by Gasteiger charge is -2.34. The SMILES string of the molecule is CN/C(=C\N)C1CCN(c2ccc([N+](=O)[O-])cc2)CC1. The van der Waals surface area contributed by atoms with Crippen molar-refractivity contribution >= 4 is 11.4 Å². The zero-order valence-electron chi connectivity index (χ0n) is 11.6. The van der Waals surface area contributed by atoms with E-state index < -0.39 is 0 Å². The van der Waals surface area contributed by atoms with E-state index in [0.29, 0.717) is 5.92 Å². The number of non-ortho nitro benzene ring substituents is 1. The first-order chi connectivity index (χ1) is 9.65. The average molecular weight is 276 g/mol. The van der Waals surface area contributed by atoms with E-state index in [1.54, 1.807) is 18.3 Å². The van der Waals surface area contributed by atoms with Gasteiger partial charge < -0.3 is 16.0 Å². The molecule has 1 aliphatic heterocycles. The van der Waals surface area contributed by atoms with Crippen LogP contribution in [0.25, 0.3) is 0 Å². The molecular weight excluding hydrogens is 256 g/mol. The topological polar surface area (TPSA) is 84.4 Å². The van der Waals surface area contributed by atoms with Crippen LogP contribution in [0, 0.1) is 16.0 Å². The zero-order chi connectivity index (χ0) is 14.5. The molecule has 1 aromatic carbocycles. The summed E-state index contributed by atoms with van der Waals surface area (Å²) >= 11 is 0. The van der Waals surface area contributed by atoms with Gasteiger partial charge in [0, 0.05) is 55.8 Å². The summed E-state index contributed by atoms with van der Waals surface area (Å²) in [6, 6.07) is 6.74. The van der Waals surface area contributed by atoms with Gasteiger partial charge in [0.2, 0.25) is 0 Å². The summed E-state index contributed by atoms with van der Waals surface area (Å²) in [5.41, 5.74) is 7.86. The predicted molar refractivity (Wildman–Crippen MR) is 79.4 cm³/mol. The normalized spacial score (nSPS) is 17.1. The third-order valence-electron chi connectivity index (χ3n) is 3.83. The van der Waals surface area contributed by atoms with E-state index in [2.05, 4.69) is 10.2 Å². The van der Waals surface area contributed by atoms with Crippen molar-refractivity contribution in [2.24, 2.45) is 11.7 Å². The van der Waals surface area contributed by atoms with Crippen LogP contribution in [0.3, 0.4) is 0 Å². The lowest BCUT2D eigenvalue weighted by molar-refractivity contribution is -0.384. The summed E-state index contributed by atoms with van der Waals surface area (Å²) in [5, 5.41) is 13.8. The standard InChI is InChI=1S/C14H20N4O2/c1-16-14(10-15)11-6-8-17(9-7-11)12-2-4-13(5-3-12)18(19)20/h2-5,10-11,16H,6-9,15H2,1H3/b14-10-. The van der Waals surface area contributed by atoms with Crippen molar-refractivity contribution in [3.05, 3.63) is 46.3 Å². The van der Waals surface area contributed by atoms with E-state index in [1.165, 1.54) is 0 Å². The van der Waals surface area contributed by atoms with Crippen molar-refractivity contribution in [2.75, 3.05) is 25.0 Å². The van der Waals surface area contributed by atoms with Gasteiger partial charge in [-0.15, -0.1) is 0 Å². The Morgan fingerprint density at radius 2 is 2.00 bits per heavy atom. The Bertz CT molecular complexity index is 490. The Labute approximate surface area is 118 Å². The maximum Gasteiger partial charge on any atom is 0.269 e. The second-order valence-electron chi connectivity index (χ2n) is 4.91. The van der Waals surface area contributed by atoms with E-state index >= 15 is 0 Å². The number of nitrogens with two attached hydrogens (primary N) is 1. The molecule has 0 aliphatic carbocycles. The fraction of sp³-hybridized carbons (Fsp3) is 0.429. The van der Waals surface area contributed by atoms with Crippen LogP contribution in [-0.4, -0.2) is 25.1 Å². The molecule has 0 bridgehead atoms. The highest BCUT2D eigenvalue weighted by Crippen LogP contribution is 2.27. The van der Waals surface area contributed by atoms with Crippen molar-refractivity contribution in [1.29, 1.82) is 0 Å². The van der Waals surface area contributed by atoms with Crippen molar-refractivity contribution in [2.45, 2.75) is 12.8 Å². The molecule has 1 aliphatic rings. The van der Waals surface area contributed by atoms with Gasteiger partial charge in [0.15, 0.2) is 0 Å². The number of nitrogens with one attached hydrogen (secondary N) is 1. The number of rotatable bonds is 4. The molecule has 6 heteroatoms. The molecule has 1 aromatic rings. The monoisotopic (exact) mass is 276 g/mol. The van der Waals surface area contributed by atoms with E-state index in [9.17, 15) is 10.1 Å². The van der Waals surface area contributed by atoms with Gasteiger partial charge in [-0.3, -0.25) is 10.1 Å². The molecule has 1 heterocycles. The van der Waals surface area contributed by atoms with Crippen LogP contribution in [-0.2, 0) is 0 Å². The van der Waals surface area contributed by atoms with Gasteiger partial charge in [0.1, 0.15) is 0 Å². The van der Waals surface area contributed by atoms with Crippen LogP contribution in [0.5, 0.6) is 0 Å². The van der Waals surface area contributed by atoms with Crippen LogP contribution in [0.2, 0.25) is 0 Å². The third-order valence-corrected chi connectivity index (χ3v) is 3.83. The Morgan fingerprint density at radius 3 is 2.45 bits per heavy atom. The number of anilines is 1. The summed E-state index contributed by atoms with van der Waals surface area (Å²) in [6.45, 7) is 1.86. The van der Waals surface area contributed by atoms with Gasteiger partial charge in [0.05, 0.1) is 4.92 Å². The van der Waals surface area contributed by atoms with Gasteiger partial charge in [-0.05, 0) is 25.0 Å². The first-order valence-electron chi connectivity index (χ1n) is 6.74. The first kappa shape index (κ1) is 14.2.